The molecule has 2 atom stereocenters. The maximum atomic E-state index is 5.56. The second-order valence-electron chi connectivity index (χ2n) is 4.69. The average molecular weight is 230 g/mol. The second-order valence-corrected chi connectivity index (χ2v) is 4.69. The van der Waals surface area contributed by atoms with E-state index in [1.807, 2.05) is 6.92 Å². The highest BCUT2D eigenvalue weighted by Gasteiger charge is 2.22. The summed E-state index contributed by atoms with van der Waals surface area (Å²) >= 11 is 0. The molecule has 0 aromatic heterocycles. The Morgan fingerprint density at radius 1 is 1.19 bits per heavy atom. The Kier molecular flexibility index (Phi) is 5.03. The molecule has 0 N–H and O–H groups in total. The molecule has 0 amide bonds. The van der Waals surface area contributed by atoms with Gasteiger partial charge in [-0.15, -0.1) is 0 Å². The van der Waals surface area contributed by atoms with Gasteiger partial charge in [-0.1, -0.05) is 0 Å². The molecule has 2 fully saturated rings. The van der Waals surface area contributed by atoms with Crippen molar-refractivity contribution in [1.82, 2.24) is 0 Å². The van der Waals surface area contributed by atoms with Crippen molar-refractivity contribution in [2.45, 2.75) is 32.0 Å². The predicted molar refractivity (Wildman–Crippen MR) is 59.5 cm³/mol. The molecule has 0 bridgehead atoms. The summed E-state index contributed by atoms with van der Waals surface area (Å²) in [7, 11) is 0. The molecule has 0 aromatic carbocycles. The lowest BCUT2D eigenvalue weighted by atomic mass is 10.4. The molecule has 4 heteroatoms. The maximum absolute atomic E-state index is 5.56. The van der Waals surface area contributed by atoms with Gasteiger partial charge in [0.05, 0.1) is 39.1 Å². The number of ether oxygens (including phenoxy) is 4. The number of rotatable bonds is 10. The molecule has 4 nitrogen and oxygen atoms in total. The standard InChI is InChI=1S/C12H22O4/c1-10(6-14-7-11-2-3-11)15-5-4-13-8-12-9-16-12/h10-12H,2-9H2,1H3. The Morgan fingerprint density at radius 3 is 2.69 bits per heavy atom. The van der Waals surface area contributed by atoms with Crippen molar-refractivity contribution in [3.05, 3.63) is 0 Å². The van der Waals surface area contributed by atoms with Gasteiger partial charge >= 0.3 is 0 Å². The fraction of sp³-hybridized carbons (Fsp3) is 1.00. The van der Waals surface area contributed by atoms with E-state index in [2.05, 4.69) is 0 Å². The van der Waals surface area contributed by atoms with Crippen molar-refractivity contribution in [1.29, 1.82) is 0 Å². The van der Waals surface area contributed by atoms with Crippen molar-refractivity contribution in [3.63, 3.8) is 0 Å². The summed E-state index contributed by atoms with van der Waals surface area (Å²) in [6, 6.07) is 0. The topological polar surface area (TPSA) is 40.2 Å². The van der Waals surface area contributed by atoms with E-state index in [0.29, 0.717) is 32.5 Å². The van der Waals surface area contributed by atoms with Crippen molar-refractivity contribution in [2.24, 2.45) is 5.92 Å². The number of epoxide rings is 1. The molecule has 2 rings (SSSR count). The van der Waals surface area contributed by atoms with Gasteiger partial charge < -0.3 is 18.9 Å². The largest absolute Gasteiger partial charge is 0.378 e. The molecule has 0 radical (unpaired) electrons. The van der Waals surface area contributed by atoms with Crippen molar-refractivity contribution < 1.29 is 18.9 Å². The van der Waals surface area contributed by atoms with Crippen LogP contribution >= 0.6 is 0 Å². The van der Waals surface area contributed by atoms with E-state index >= 15 is 0 Å². The van der Waals surface area contributed by atoms with Gasteiger partial charge in [0.15, 0.2) is 0 Å². The highest BCUT2D eigenvalue weighted by atomic mass is 16.6. The minimum absolute atomic E-state index is 0.166. The van der Waals surface area contributed by atoms with Gasteiger partial charge in [-0.25, -0.2) is 0 Å². The molecule has 16 heavy (non-hydrogen) atoms. The summed E-state index contributed by atoms with van der Waals surface area (Å²) in [5.41, 5.74) is 0. The summed E-state index contributed by atoms with van der Waals surface area (Å²) in [6.07, 6.45) is 3.19. The van der Waals surface area contributed by atoms with Crippen molar-refractivity contribution >= 4 is 0 Å². The lowest BCUT2D eigenvalue weighted by molar-refractivity contribution is -0.0326. The summed E-state index contributed by atoms with van der Waals surface area (Å²) in [4.78, 5) is 0. The average Bonchev–Trinajstić information content (AvgIpc) is 3.12. The third-order valence-electron chi connectivity index (χ3n) is 2.74. The van der Waals surface area contributed by atoms with Crippen LogP contribution in [0.25, 0.3) is 0 Å². The highest BCUT2D eigenvalue weighted by Crippen LogP contribution is 2.28. The van der Waals surface area contributed by atoms with E-state index in [1.54, 1.807) is 0 Å². The third-order valence-corrected chi connectivity index (χ3v) is 2.74. The zero-order valence-corrected chi connectivity index (χ0v) is 10.0. The van der Waals surface area contributed by atoms with Crippen LogP contribution in [0.4, 0.5) is 0 Å². The van der Waals surface area contributed by atoms with Gasteiger partial charge in [0.2, 0.25) is 0 Å². The first kappa shape index (κ1) is 12.3. The monoisotopic (exact) mass is 230 g/mol. The molecule has 2 aliphatic rings. The number of hydrogen-bond donors (Lipinski definition) is 0. The molecule has 1 aliphatic carbocycles. The van der Waals surface area contributed by atoms with Gasteiger partial charge in [-0.3, -0.25) is 0 Å². The second kappa shape index (κ2) is 6.55. The van der Waals surface area contributed by atoms with E-state index in [1.165, 1.54) is 12.8 Å². The molecule has 1 heterocycles. The first-order valence-electron chi connectivity index (χ1n) is 6.23. The normalized spacial score (nSPS) is 25.7. The third kappa shape index (κ3) is 5.80. The van der Waals surface area contributed by atoms with Crippen LogP contribution in [-0.4, -0.2) is 51.8 Å². The summed E-state index contributed by atoms with van der Waals surface area (Å²) < 4.78 is 21.5. The first-order valence-corrected chi connectivity index (χ1v) is 6.23. The van der Waals surface area contributed by atoms with Gasteiger partial charge in [-0.05, 0) is 25.7 Å². The SMILES string of the molecule is CC(COCC1CC1)OCCOCC1CO1. The Balaban J connectivity index is 1.33. The lowest BCUT2D eigenvalue weighted by Crippen LogP contribution is -2.19. The van der Waals surface area contributed by atoms with Crippen LogP contribution in [0.5, 0.6) is 0 Å². The highest BCUT2D eigenvalue weighted by molar-refractivity contribution is 4.72. The van der Waals surface area contributed by atoms with Gasteiger partial charge in [0.1, 0.15) is 6.10 Å². The Bertz CT molecular complexity index is 189. The first-order chi connectivity index (χ1) is 7.84. The zero-order valence-electron chi connectivity index (χ0n) is 10.0. The summed E-state index contributed by atoms with van der Waals surface area (Å²) in [6.45, 7) is 6.48. The van der Waals surface area contributed by atoms with E-state index < -0.39 is 0 Å². The van der Waals surface area contributed by atoms with Crippen LogP contribution in [0.2, 0.25) is 0 Å². The molecule has 1 aliphatic heterocycles. The predicted octanol–water partition coefficient (Wildman–Crippen LogP) is 1.23. The molecule has 1 saturated carbocycles. The van der Waals surface area contributed by atoms with Gasteiger partial charge in [0, 0.05) is 6.61 Å². The molecule has 0 aromatic rings. The van der Waals surface area contributed by atoms with Crippen LogP contribution in [0, 0.1) is 5.92 Å². The lowest BCUT2D eigenvalue weighted by Gasteiger charge is -2.13. The van der Waals surface area contributed by atoms with Crippen LogP contribution < -0.4 is 0 Å². The van der Waals surface area contributed by atoms with Gasteiger partial charge in [0.25, 0.3) is 0 Å². The smallest absolute Gasteiger partial charge is 0.104 e. The van der Waals surface area contributed by atoms with Crippen molar-refractivity contribution in [3.8, 4) is 0 Å². The Hall–Kier alpha value is -0.160. The van der Waals surface area contributed by atoms with Crippen LogP contribution in [0.1, 0.15) is 19.8 Å². The molecule has 94 valence electrons. The van der Waals surface area contributed by atoms with Gasteiger partial charge in [-0.2, -0.15) is 0 Å². The van der Waals surface area contributed by atoms with Crippen molar-refractivity contribution in [2.75, 3.05) is 39.6 Å². The zero-order chi connectivity index (χ0) is 11.2. The minimum Gasteiger partial charge on any atom is -0.378 e. The van der Waals surface area contributed by atoms with E-state index in [4.69, 9.17) is 18.9 Å². The number of hydrogen-bond acceptors (Lipinski definition) is 4. The van der Waals surface area contributed by atoms with E-state index in [0.717, 1.165) is 19.1 Å². The van der Waals surface area contributed by atoms with Crippen LogP contribution in [0.15, 0.2) is 0 Å². The Morgan fingerprint density at radius 2 is 2.00 bits per heavy atom. The quantitative estimate of drug-likeness (QED) is 0.418. The summed E-state index contributed by atoms with van der Waals surface area (Å²) in [5, 5.41) is 0. The summed E-state index contributed by atoms with van der Waals surface area (Å²) in [5.74, 6) is 0.828. The Labute approximate surface area is 97.2 Å². The van der Waals surface area contributed by atoms with E-state index in [9.17, 15) is 0 Å². The molecular weight excluding hydrogens is 208 g/mol. The fourth-order valence-corrected chi connectivity index (χ4v) is 1.42. The molecule has 2 unspecified atom stereocenters. The maximum Gasteiger partial charge on any atom is 0.104 e. The van der Waals surface area contributed by atoms with Crippen LogP contribution in [-0.2, 0) is 18.9 Å². The molecular formula is C12H22O4. The van der Waals surface area contributed by atoms with E-state index in [-0.39, 0.29) is 6.10 Å². The van der Waals surface area contributed by atoms with Crippen LogP contribution in [0.3, 0.4) is 0 Å². The fourth-order valence-electron chi connectivity index (χ4n) is 1.42. The molecule has 1 saturated heterocycles. The molecule has 0 spiro atoms. The minimum atomic E-state index is 0.166.